The maximum atomic E-state index is 12.8. The van der Waals surface area contributed by atoms with Crippen molar-refractivity contribution in [2.45, 2.75) is 6.42 Å². The van der Waals surface area contributed by atoms with E-state index in [1.165, 1.54) is 0 Å². The summed E-state index contributed by atoms with van der Waals surface area (Å²) in [7, 11) is 0. The van der Waals surface area contributed by atoms with Gasteiger partial charge in [0.2, 0.25) is 5.91 Å². The lowest BCUT2D eigenvalue weighted by Crippen LogP contribution is -2.36. The molecule has 3 aromatic rings. The van der Waals surface area contributed by atoms with Gasteiger partial charge in [0.25, 0.3) is 5.91 Å². The molecular formula is C27H27N5O2. The van der Waals surface area contributed by atoms with E-state index in [4.69, 9.17) is 5.26 Å². The fourth-order valence-corrected chi connectivity index (χ4v) is 4.04. The topological polar surface area (TPSA) is 88.5 Å². The fraction of sp³-hybridized carbons (Fsp3) is 0.222. The van der Waals surface area contributed by atoms with E-state index in [0.717, 1.165) is 38.3 Å². The van der Waals surface area contributed by atoms with Crippen LogP contribution in [0.15, 0.2) is 78.9 Å². The molecule has 0 saturated carbocycles. The monoisotopic (exact) mass is 453 g/mol. The van der Waals surface area contributed by atoms with Crippen LogP contribution in [0.4, 0.5) is 17.1 Å². The summed E-state index contributed by atoms with van der Waals surface area (Å²) in [5, 5.41) is 14.8. The van der Waals surface area contributed by atoms with E-state index in [2.05, 4.69) is 26.5 Å². The number of nitriles is 1. The number of nitrogens with zero attached hydrogens (tertiary/aromatic N) is 3. The first kappa shape index (κ1) is 23.0. The molecule has 7 heteroatoms. The van der Waals surface area contributed by atoms with Gasteiger partial charge in [0.15, 0.2) is 0 Å². The van der Waals surface area contributed by atoms with Gasteiger partial charge in [-0.15, -0.1) is 0 Å². The summed E-state index contributed by atoms with van der Waals surface area (Å²) in [6, 6.07) is 26.0. The van der Waals surface area contributed by atoms with Crippen LogP contribution < -0.4 is 15.5 Å². The second-order valence-corrected chi connectivity index (χ2v) is 8.19. The molecule has 2 N–H and O–H groups in total. The summed E-state index contributed by atoms with van der Waals surface area (Å²) in [6.45, 7) is 3.53. The summed E-state index contributed by atoms with van der Waals surface area (Å²) in [5.41, 5.74) is 3.35. The molecule has 4 rings (SSSR count). The van der Waals surface area contributed by atoms with Crippen molar-refractivity contribution in [3.8, 4) is 6.07 Å². The van der Waals surface area contributed by atoms with Crippen LogP contribution in [-0.4, -0.2) is 49.4 Å². The largest absolute Gasteiger partial charge is 0.370 e. The Hall–Kier alpha value is -4.15. The number of rotatable bonds is 6. The van der Waals surface area contributed by atoms with Gasteiger partial charge in [-0.1, -0.05) is 30.3 Å². The van der Waals surface area contributed by atoms with Gasteiger partial charge in [0, 0.05) is 37.6 Å². The number of para-hydroxylation sites is 2. The van der Waals surface area contributed by atoms with E-state index < -0.39 is 0 Å². The van der Waals surface area contributed by atoms with Gasteiger partial charge in [-0.2, -0.15) is 5.26 Å². The number of benzene rings is 3. The average Bonchev–Trinajstić information content (AvgIpc) is 3.10. The Morgan fingerprint density at radius 3 is 2.32 bits per heavy atom. The molecule has 0 unspecified atom stereocenters. The molecule has 0 aliphatic carbocycles. The molecule has 0 aromatic heterocycles. The maximum absolute atomic E-state index is 12.8. The van der Waals surface area contributed by atoms with Crippen LogP contribution in [-0.2, 0) is 4.79 Å². The molecule has 0 spiro atoms. The van der Waals surface area contributed by atoms with Crippen LogP contribution >= 0.6 is 0 Å². The number of carbonyl (C=O) groups excluding carboxylic acids is 2. The van der Waals surface area contributed by atoms with Gasteiger partial charge in [-0.25, -0.2) is 0 Å². The lowest BCUT2D eigenvalue weighted by molar-refractivity contribution is -0.117. The molecule has 2 amide bonds. The lowest BCUT2D eigenvalue weighted by atomic mass is 10.1. The normalized spacial score (nSPS) is 14.0. The fourth-order valence-electron chi connectivity index (χ4n) is 4.04. The Morgan fingerprint density at radius 2 is 1.56 bits per heavy atom. The number of amides is 2. The Balaban J connectivity index is 1.34. The molecule has 3 aromatic carbocycles. The zero-order valence-electron chi connectivity index (χ0n) is 18.9. The average molecular weight is 454 g/mol. The van der Waals surface area contributed by atoms with Crippen molar-refractivity contribution in [2.75, 3.05) is 48.3 Å². The quantitative estimate of drug-likeness (QED) is 0.590. The van der Waals surface area contributed by atoms with E-state index >= 15 is 0 Å². The summed E-state index contributed by atoms with van der Waals surface area (Å²) < 4.78 is 0. The number of anilines is 3. The Morgan fingerprint density at radius 1 is 0.824 bits per heavy atom. The highest BCUT2D eigenvalue weighted by atomic mass is 16.2. The smallest absolute Gasteiger partial charge is 0.257 e. The van der Waals surface area contributed by atoms with Crippen LogP contribution in [0, 0.1) is 11.3 Å². The second kappa shape index (κ2) is 11.1. The minimum atomic E-state index is -0.269. The third-order valence-electron chi connectivity index (χ3n) is 5.79. The van der Waals surface area contributed by atoms with E-state index in [1.807, 2.05) is 54.6 Å². The molecule has 1 fully saturated rings. The van der Waals surface area contributed by atoms with Crippen molar-refractivity contribution in [3.05, 3.63) is 90.0 Å². The van der Waals surface area contributed by atoms with Crippen LogP contribution in [0.2, 0.25) is 0 Å². The van der Waals surface area contributed by atoms with E-state index in [9.17, 15) is 9.59 Å². The highest BCUT2D eigenvalue weighted by Gasteiger charge is 2.19. The predicted octanol–water partition coefficient (Wildman–Crippen LogP) is 3.96. The lowest BCUT2D eigenvalue weighted by Gasteiger charge is -2.23. The predicted molar refractivity (Wildman–Crippen MR) is 134 cm³/mol. The molecule has 0 bridgehead atoms. The number of hydrogen-bond donors (Lipinski definition) is 2. The summed E-state index contributed by atoms with van der Waals surface area (Å²) >= 11 is 0. The van der Waals surface area contributed by atoms with Crippen molar-refractivity contribution >= 4 is 28.9 Å². The third-order valence-corrected chi connectivity index (χ3v) is 5.79. The molecule has 0 radical (unpaired) electrons. The zero-order valence-corrected chi connectivity index (χ0v) is 18.9. The van der Waals surface area contributed by atoms with Gasteiger partial charge in [-0.05, 0) is 55.0 Å². The first-order chi connectivity index (χ1) is 16.6. The molecule has 7 nitrogen and oxygen atoms in total. The summed E-state index contributed by atoms with van der Waals surface area (Å²) in [4.78, 5) is 30.0. The highest BCUT2D eigenvalue weighted by molar-refractivity contribution is 6.10. The van der Waals surface area contributed by atoms with Crippen LogP contribution in [0.5, 0.6) is 0 Å². The van der Waals surface area contributed by atoms with E-state index in [-0.39, 0.29) is 18.4 Å². The zero-order chi connectivity index (χ0) is 23.8. The number of nitrogens with one attached hydrogen (secondary N) is 2. The SMILES string of the molecule is N#Cc1ccc(N2CCCN(CC(=O)Nc3ccccc3C(=O)Nc3ccccc3)CC2)cc1. The van der Waals surface area contributed by atoms with Crippen molar-refractivity contribution in [1.29, 1.82) is 5.26 Å². The van der Waals surface area contributed by atoms with Gasteiger partial charge in [0.05, 0.1) is 29.4 Å². The molecule has 1 saturated heterocycles. The third kappa shape index (κ3) is 6.00. The summed E-state index contributed by atoms with van der Waals surface area (Å²) in [5.74, 6) is -0.415. The van der Waals surface area contributed by atoms with Crippen LogP contribution in [0.25, 0.3) is 0 Å². The van der Waals surface area contributed by atoms with Crippen molar-refractivity contribution in [2.24, 2.45) is 0 Å². The molecule has 1 aliphatic heterocycles. The minimum absolute atomic E-state index is 0.146. The van der Waals surface area contributed by atoms with Gasteiger partial charge in [-0.3, -0.25) is 14.5 Å². The molecule has 172 valence electrons. The van der Waals surface area contributed by atoms with Crippen molar-refractivity contribution < 1.29 is 9.59 Å². The maximum Gasteiger partial charge on any atom is 0.257 e. The first-order valence-electron chi connectivity index (χ1n) is 11.3. The molecular weight excluding hydrogens is 426 g/mol. The van der Waals surface area contributed by atoms with Crippen molar-refractivity contribution in [1.82, 2.24) is 4.90 Å². The van der Waals surface area contributed by atoms with E-state index in [1.54, 1.807) is 24.3 Å². The van der Waals surface area contributed by atoms with Crippen LogP contribution in [0.3, 0.4) is 0 Å². The number of carbonyl (C=O) groups is 2. The molecule has 0 atom stereocenters. The molecule has 34 heavy (non-hydrogen) atoms. The second-order valence-electron chi connectivity index (χ2n) is 8.19. The standard InChI is InChI=1S/C27H27N5O2/c28-19-21-11-13-23(14-12-21)32-16-6-15-31(17-18-32)20-26(33)30-25-10-5-4-9-24(25)27(34)29-22-7-2-1-3-8-22/h1-5,7-14H,6,15-18,20H2,(H,29,34)(H,30,33). The molecule has 1 heterocycles. The van der Waals surface area contributed by atoms with Gasteiger partial charge >= 0.3 is 0 Å². The minimum Gasteiger partial charge on any atom is -0.370 e. The molecule has 1 aliphatic rings. The van der Waals surface area contributed by atoms with Crippen molar-refractivity contribution in [3.63, 3.8) is 0 Å². The Labute approximate surface area is 199 Å². The van der Waals surface area contributed by atoms with Gasteiger partial charge < -0.3 is 15.5 Å². The first-order valence-corrected chi connectivity index (χ1v) is 11.3. The van der Waals surface area contributed by atoms with E-state index in [0.29, 0.717) is 22.5 Å². The number of hydrogen-bond acceptors (Lipinski definition) is 5. The van der Waals surface area contributed by atoms with Crippen LogP contribution in [0.1, 0.15) is 22.3 Å². The Bertz CT molecular complexity index is 1170. The Kier molecular flexibility index (Phi) is 7.53. The summed E-state index contributed by atoms with van der Waals surface area (Å²) in [6.07, 6.45) is 0.934. The highest BCUT2D eigenvalue weighted by Crippen LogP contribution is 2.19. The van der Waals surface area contributed by atoms with Gasteiger partial charge in [0.1, 0.15) is 0 Å².